The summed E-state index contributed by atoms with van der Waals surface area (Å²) in [7, 11) is 0. The lowest BCUT2D eigenvalue weighted by Gasteiger charge is -2.16. The summed E-state index contributed by atoms with van der Waals surface area (Å²) in [4.78, 5) is 8.60. The molecule has 3 heteroatoms. The second kappa shape index (κ2) is 5.06. The summed E-state index contributed by atoms with van der Waals surface area (Å²) >= 11 is 0. The monoisotopic (exact) mass is 227 g/mol. The molecule has 0 spiro atoms. The number of nitrogens with zero attached hydrogens (tertiary/aromatic N) is 2. The summed E-state index contributed by atoms with van der Waals surface area (Å²) in [6.07, 6.45) is 3.52. The zero-order valence-corrected chi connectivity index (χ0v) is 10.2. The molecule has 0 aliphatic heterocycles. The van der Waals surface area contributed by atoms with E-state index in [1.54, 1.807) is 12.4 Å². The van der Waals surface area contributed by atoms with Gasteiger partial charge in [0, 0.05) is 18.9 Å². The summed E-state index contributed by atoms with van der Waals surface area (Å²) in [5.41, 5.74) is 9.58. The molecule has 3 nitrogen and oxygen atoms in total. The van der Waals surface area contributed by atoms with E-state index in [1.165, 1.54) is 16.7 Å². The number of nitrogens with two attached hydrogens (primary N) is 1. The Hall–Kier alpha value is -1.74. The zero-order chi connectivity index (χ0) is 12.3. The van der Waals surface area contributed by atoms with Gasteiger partial charge < -0.3 is 5.73 Å². The van der Waals surface area contributed by atoms with Crippen LogP contribution in [0.1, 0.15) is 28.4 Å². The number of aryl methyl sites for hydroxylation is 2. The molecule has 17 heavy (non-hydrogen) atoms. The van der Waals surface area contributed by atoms with Crippen molar-refractivity contribution in [2.24, 2.45) is 5.73 Å². The highest BCUT2D eigenvalue weighted by Crippen LogP contribution is 2.24. The average Bonchev–Trinajstić information content (AvgIpc) is 2.34. The molecule has 88 valence electrons. The quantitative estimate of drug-likeness (QED) is 0.874. The second-order valence-electron chi connectivity index (χ2n) is 4.26. The van der Waals surface area contributed by atoms with Crippen molar-refractivity contribution in [2.75, 3.05) is 6.54 Å². The minimum absolute atomic E-state index is 0.0804. The molecule has 0 saturated heterocycles. The third kappa shape index (κ3) is 2.50. The predicted molar refractivity (Wildman–Crippen MR) is 68.8 cm³/mol. The molecule has 1 heterocycles. The van der Waals surface area contributed by atoms with E-state index in [4.69, 9.17) is 5.73 Å². The van der Waals surface area contributed by atoms with Gasteiger partial charge in [-0.1, -0.05) is 23.8 Å². The summed E-state index contributed by atoms with van der Waals surface area (Å²) in [6, 6.07) is 8.21. The van der Waals surface area contributed by atoms with Crippen molar-refractivity contribution >= 4 is 0 Å². The number of hydrogen-bond donors (Lipinski definition) is 1. The predicted octanol–water partition coefficient (Wildman–Crippen LogP) is 2.18. The number of rotatable bonds is 3. The lowest BCUT2D eigenvalue weighted by atomic mass is 9.93. The number of aromatic nitrogens is 2. The maximum absolute atomic E-state index is 5.86. The lowest BCUT2D eigenvalue weighted by molar-refractivity contribution is 0.744. The first-order chi connectivity index (χ1) is 8.22. The summed E-state index contributed by atoms with van der Waals surface area (Å²) in [5.74, 6) is 0.874. The van der Waals surface area contributed by atoms with Crippen molar-refractivity contribution in [3.63, 3.8) is 0 Å². The first kappa shape index (κ1) is 11.7. The fourth-order valence-electron chi connectivity index (χ4n) is 2.08. The molecule has 0 fully saturated rings. The highest BCUT2D eigenvalue weighted by molar-refractivity contribution is 5.36. The van der Waals surface area contributed by atoms with Crippen molar-refractivity contribution in [1.29, 1.82) is 0 Å². The van der Waals surface area contributed by atoms with Crippen LogP contribution in [0.3, 0.4) is 0 Å². The van der Waals surface area contributed by atoms with Gasteiger partial charge in [-0.15, -0.1) is 0 Å². The van der Waals surface area contributed by atoms with Gasteiger partial charge in [-0.2, -0.15) is 0 Å². The van der Waals surface area contributed by atoms with Gasteiger partial charge in [-0.05, 0) is 31.0 Å². The second-order valence-corrected chi connectivity index (χ2v) is 4.26. The van der Waals surface area contributed by atoms with Crippen LogP contribution in [-0.4, -0.2) is 16.5 Å². The van der Waals surface area contributed by atoms with Gasteiger partial charge in [-0.3, -0.25) is 0 Å². The molecule has 1 aromatic heterocycles. The molecule has 1 atom stereocenters. The topological polar surface area (TPSA) is 51.8 Å². The van der Waals surface area contributed by atoms with Crippen LogP contribution in [0.15, 0.2) is 36.7 Å². The smallest absolute Gasteiger partial charge is 0.136 e. The zero-order valence-electron chi connectivity index (χ0n) is 10.2. The standard InChI is InChI=1S/C14H17N3/c1-10-4-5-12(11(2)8-10)13(9-15)14-16-6-3-7-17-14/h3-8,13H,9,15H2,1-2H3. The van der Waals surface area contributed by atoms with E-state index in [0.717, 1.165) is 5.82 Å². The largest absolute Gasteiger partial charge is 0.329 e. The highest BCUT2D eigenvalue weighted by Gasteiger charge is 2.16. The van der Waals surface area contributed by atoms with E-state index in [0.29, 0.717) is 6.54 Å². The van der Waals surface area contributed by atoms with Gasteiger partial charge in [0.25, 0.3) is 0 Å². The third-order valence-corrected chi connectivity index (χ3v) is 2.93. The molecule has 0 aliphatic rings. The van der Waals surface area contributed by atoms with Crippen molar-refractivity contribution in [3.05, 3.63) is 59.2 Å². The Morgan fingerprint density at radius 3 is 2.47 bits per heavy atom. The van der Waals surface area contributed by atoms with E-state index in [1.807, 2.05) is 6.07 Å². The Labute approximate surface area is 102 Å². The Kier molecular flexibility index (Phi) is 3.49. The molecule has 0 bridgehead atoms. The maximum Gasteiger partial charge on any atom is 0.136 e. The highest BCUT2D eigenvalue weighted by atomic mass is 14.9. The van der Waals surface area contributed by atoms with Crippen LogP contribution in [0.5, 0.6) is 0 Å². The molecule has 2 aromatic rings. The van der Waals surface area contributed by atoms with Crippen LogP contribution in [0.25, 0.3) is 0 Å². The first-order valence-electron chi connectivity index (χ1n) is 5.76. The van der Waals surface area contributed by atoms with Gasteiger partial charge in [0.2, 0.25) is 0 Å². The molecule has 0 radical (unpaired) electrons. The summed E-state index contributed by atoms with van der Waals surface area (Å²) < 4.78 is 0. The molecule has 2 N–H and O–H groups in total. The molecule has 1 aromatic carbocycles. The molecule has 2 rings (SSSR count). The van der Waals surface area contributed by atoms with Crippen molar-refractivity contribution in [3.8, 4) is 0 Å². The average molecular weight is 227 g/mol. The summed E-state index contributed by atoms with van der Waals surface area (Å²) in [6.45, 7) is 4.72. The van der Waals surface area contributed by atoms with E-state index < -0.39 is 0 Å². The SMILES string of the molecule is Cc1ccc(C(CN)c2ncccn2)c(C)c1. The van der Waals surface area contributed by atoms with Crippen molar-refractivity contribution in [1.82, 2.24) is 9.97 Å². The van der Waals surface area contributed by atoms with Crippen LogP contribution >= 0.6 is 0 Å². The van der Waals surface area contributed by atoms with Gasteiger partial charge in [0.1, 0.15) is 5.82 Å². The van der Waals surface area contributed by atoms with Gasteiger partial charge in [0.15, 0.2) is 0 Å². The normalized spacial score (nSPS) is 12.4. The van der Waals surface area contributed by atoms with E-state index in [9.17, 15) is 0 Å². The van der Waals surface area contributed by atoms with E-state index in [2.05, 4.69) is 42.0 Å². The molecule has 1 unspecified atom stereocenters. The first-order valence-corrected chi connectivity index (χ1v) is 5.76. The Balaban J connectivity index is 2.42. The minimum atomic E-state index is 0.0804. The van der Waals surface area contributed by atoms with E-state index >= 15 is 0 Å². The minimum Gasteiger partial charge on any atom is -0.329 e. The van der Waals surface area contributed by atoms with Crippen LogP contribution < -0.4 is 5.73 Å². The Morgan fingerprint density at radius 2 is 1.88 bits per heavy atom. The maximum atomic E-state index is 5.86. The van der Waals surface area contributed by atoms with Gasteiger partial charge in [0.05, 0.1) is 5.92 Å². The Bertz CT molecular complexity index is 494. The van der Waals surface area contributed by atoms with Crippen molar-refractivity contribution < 1.29 is 0 Å². The molecular weight excluding hydrogens is 210 g/mol. The van der Waals surface area contributed by atoms with Crippen LogP contribution in [0, 0.1) is 13.8 Å². The molecule has 0 amide bonds. The van der Waals surface area contributed by atoms with Crippen LogP contribution in [0.4, 0.5) is 0 Å². The van der Waals surface area contributed by atoms with E-state index in [-0.39, 0.29) is 5.92 Å². The summed E-state index contributed by atoms with van der Waals surface area (Å²) in [5, 5.41) is 0. The van der Waals surface area contributed by atoms with Crippen LogP contribution in [0.2, 0.25) is 0 Å². The van der Waals surface area contributed by atoms with Crippen molar-refractivity contribution in [2.45, 2.75) is 19.8 Å². The number of benzene rings is 1. The fourth-order valence-corrected chi connectivity index (χ4v) is 2.08. The Morgan fingerprint density at radius 1 is 1.18 bits per heavy atom. The molecule has 0 aliphatic carbocycles. The fraction of sp³-hybridized carbons (Fsp3) is 0.286. The van der Waals surface area contributed by atoms with Gasteiger partial charge in [-0.25, -0.2) is 9.97 Å². The third-order valence-electron chi connectivity index (χ3n) is 2.93. The molecule has 0 saturated carbocycles. The number of hydrogen-bond acceptors (Lipinski definition) is 3. The van der Waals surface area contributed by atoms with Gasteiger partial charge >= 0.3 is 0 Å². The molecular formula is C14H17N3. The van der Waals surface area contributed by atoms with Crippen LogP contribution in [-0.2, 0) is 0 Å². The lowest BCUT2D eigenvalue weighted by Crippen LogP contribution is -2.17.